The second kappa shape index (κ2) is 7.77. The van der Waals surface area contributed by atoms with E-state index in [-0.39, 0.29) is 17.6 Å². The van der Waals surface area contributed by atoms with Crippen molar-refractivity contribution in [1.29, 1.82) is 0 Å². The van der Waals surface area contributed by atoms with Gasteiger partial charge in [0.25, 0.3) is 5.91 Å². The molecule has 0 unspecified atom stereocenters. The summed E-state index contributed by atoms with van der Waals surface area (Å²) in [6.45, 7) is 2.07. The molecule has 0 fully saturated rings. The SMILES string of the molecule is CSc1ncc(C(=O)NCCNC(C)=O)n1-c1ccc(F)cc1. The van der Waals surface area contributed by atoms with Gasteiger partial charge in [-0.05, 0) is 30.5 Å². The second-order valence-corrected chi connectivity index (χ2v) is 5.45. The van der Waals surface area contributed by atoms with Gasteiger partial charge in [-0.15, -0.1) is 0 Å². The molecular weight excluding hydrogens is 319 g/mol. The van der Waals surface area contributed by atoms with Gasteiger partial charge in [-0.25, -0.2) is 9.37 Å². The van der Waals surface area contributed by atoms with Gasteiger partial charge in [0.1, 0.15) is 11.5 Å². The smallest absolute Gasteiger partial charge is 0.270 e. The van der Waals surface area contributed by atoms with E-state index in [9.17, 15) is 14.0 Å². The summed E-state index contributed by atoms with van der Waals surface area (Å²) in [4.78, 5) is 27.3. The van der Waals surface area contributed by atoms with Gasteiger partial charge in [0.2, 0.25) is 5.91 Å². The third kappa shape index (κ3) is 4.32. The number of thioether (sulfide) groups is 1. The zero-order chi connectivity index (χ0) is 16.8. The van der Waals surface area contributed by atoms with Crippen molar-refractivity contribution in [2.45, 2.75) is 12.1 Å². The van der Waals surface area contributed by atoms with Gasteiger partial charge in [-0.1, -0.05) is 11.8 Å². The van der Waals surface area contributed by atoms with Crippen LogP contribution in [-0.2, 0) is 4.79 Å². The third-order valence-corrected chi connectivity index (χ3v) is 3.67. The van der Waals surface area contributed by atoms with Gasteiger partial charge in [-0.2, -0.15) is 0 Å². The quantitative estimate of drug-likeness (QED) is 0.621. The Morgan fingerprint density at radius 1 is 1.22 bits per heavy atom. The fourth-order valence-corrected chi connectivity index (χ4v) is 2.53. The summed E-state index contributed by atoms with van der Waals surface area (Å²) in [6, 6.07) is 5.84. The van der Waals surface area contributed by atoms with Crippen LogP contribution in [-0.4, -0.2) is 40.7 Å². The highest BCUT2D eigenvalue weighted by molar-refractivity contribution is 7.98. The van der Waals surface area contributed by atoms with Gasteiger partial charge < -0.3 is 10.6 Å². The Balaban J connectivity index is 2.19. The Labute approximate surface area is 137 Å². The number of hydrogen-bond donors (Lipinski definition) is 2. The number of halogens is 1. The molecule has 2 N–H and O–H groups in total. The van der Waals surface area contributed by atoms with Crippen molar-refractivity contribution in [3.8, 4) is 5.69 Å². The Morgan fingerprint density at radius 2 is 1.87 bits per heavy atom. The van der Waals surface area contributed by atoms with E-state index in [2.05, 4.69) is 15.6 Å². The highest BCUT2D eigenvalue weighted by Crippen LogP contribution is 2.21. The van der Waals surface area contributed by atoms with Gasteiger partial charge >= 0.3 is 0 Å². The topological polar surface area (TPSA) is 76.0 Å². The molecule has 6 nitrogen and oxygen atoms in total. The lowest BCUT2D eigenvalue weighted by molar-refractivity contribution is -0.118. The summed E-state index contributed by atoms with van der Waals surface area (Å²) < 4.78 is 14.8. The fraction of sp³-hybridized carbons (Fsp3) is 0.267. The number of carbonyl (C=O) groups excluding carboxylic acids is 2. The first-order valence-corrected chi connectivity index (χ1v) is 8.15. The average molecular weight is 336 g/mol. The van der Waals surface area contributed by atoms with E-state index >= 15 is 0 Å². The molecule has 0 spiro atoms. The minimum Gasteiger partial charge on any atom is -0.355 e. The molecule has 1 heterocycles. The predicted octanol–water partition coefficient (Wildman–Crippen LogP) is 1.60. The zero-order valence-electron chi connectivity index (χ0n) is 12.8. The van der Waals surface area contributed by atoms with Crippen molar-refractivity contribution in [2.24, 2.45) is 0 Å². The van der Waals surface area contributed by atoms with Crippen LogP contribution in [0.4, 0.5) is 4.39 Å². The number of amides is 2. The molecule has 0 saturated heterocycles. The number of aromatic nitrogens is 2. The number of imidazole rings is 1. The van der Waals surface area contributed by atoms with Crippen molar-refractivity contribution in [3.05, 3.63) is 42.0 Å². The van der Waals surface area contributed by atoms with Crippen molar-refractivity contribution in [3.63, 3.8) is 0 Å². The van der Waals surface area contributed by atoms with E-state index in [4.69, 9.17) is 0 Å². The van der Waals surface area contributed by atoms with Crippen LogP contribution in [0, 0.1) is 5.82 Å². The molecule has 0 radical (unpaired) electrons. The van der Waals surface area contributed by atoms with Crippen molar-refractivity contribution in [2.75, 3.05) is 19.3 Å². The average Bonchev–Trinajstić information content (AvgIpc) is 2.96. The molecule has 0 aliphatic rings. The minimum atomic E-state index is -0.346. The normalized spacial score (nSPS) is 10.4. The highest BCUT2D eigenvalue weighted by atomic mass is 32.2. The molecule has 0 atom stereocenters. The first-order chi connectivity index (χ1) is 11.0. The zero-order valence-corrected chi connectivity index (χ0v) is 13.6. The molecule has 0 bridgehead atoms. The largest absolute Gasteiger partial charge is 0.355 e. The summed E-state index contributed by atoms with van der Waals surface area (Å²) in [5.74, 6) is -0.811. The molecule has 122 valence electrons. The van der Waals surface area contributed by atoms with E-state index < -0.39 is 0 Å². The monoisotopic (exact) mass is 336 g/mol. The Bertz CT molecular complexity index is 700. The van der Waals surface area contributed by atoms with E-state index in [1.54, 1.807) is 16.7 Å². The van der Waals surface area contributed by atoms with Crippen LogP contribution in [0.25, 0.3) is 5.69 Å². The molecule has 0 aliphatic heterocycles. The standard InChI is InChI=1S/C15H17FN4O2S/c1-10(21)17-7-8-18-14(22)13-9-19-15(23-2)20(13)12-5-3-11(16)4-6-12/h3-6,9H,7-8H2,1-2H3,(H,17,21)(H,18,22). The van der Waals surface area contributed by atoms with Crippen molar-refractivity contribution >= 4 is 23.6 Å². The number of carbonyl (C=O) groups is 2. The molecule has 8 heteroatoms. The van der Waals surface area contributed by atoms with E-state index in [0.717, 1.165) is 0 Å². The molecule has 1 aromatic heterocycles. The number of nitrogens with zero attached hydrogens (tertiary/aromatic N) is 2. The van der Waals surface area contributed by atoms with Crippen LogP contribution in [0.15, 0.2) is 35.6 Å². The lowest BCUT2D eigenvalue weighted by Crippen LogP contribution is -2.34. The molecule has 1 aromatic carbocycles. The van der Waals surface area contributed by atoms with Crippen molar-refractivity contribution < 1.29 is 14.0 Å². The molecule has 23 heavy (non-hydrogen) atoms. The Hall–Kier alpha value is -2.35. The lowest BCUT2D eigenvalue weighted by Gasteiger charge is -2.11. The number of hydrogen-bond acceptors (Lipinski definition) is 4. The number of nitrogens with one attached hydrogen (secondary N) is 2. The first-order valence-electron chi connectivity index (χ1n) is 6.93. The van der Waals surface area contributed by atoms with Gasteiger partial charge in [0.15, 0.2) is 5.16 Å². The summed E-state index contributed by atoms with van der Waals surface area (Å²) >= 11 is 1.39. The second-order valence-electron chi connectivity index (χ2n) is 4.68. The van der Waals surface area contributed by atoms with E-state index in [1.807, 2.05) is 6.26 Å². The summed E-state index contributed by atoms with van der Waals surface area (Å²) in [6.07, 6.45) is 3.32. The maximum absolute atomic E-state index is 13.1. The van der Waals surface area contributed by atoms with Crippen LogP contribution in [0.3, 0.4) is 0 Å². The molecular formula is C15H17FN4O2S. The van der Waals surface area contributed by atoms with E-state index in [0.29, 0.717) is 29.6 Å². The molecule has 0 aliphatic carbocycles. The fourth-order valence-electron chi connectivity index (χ4n) is 1.98. The maximum atomic E-state index is 13.1. The predicted molar refractivity (Wildman–Crippen MR) is 86.3 cm³/mol. The molecule has 0 saturated carbocycles. The number of benzene rings is 1. The van der Waals surface area contributed by atoms with Gasteiger partial charge in [0.05, 0.1) is 6.20 Å². The summed E-state index contributed by atoms with van der Waals surface area (Å²) in [5.41, 5.74) is 1.00. The summed E-state index contributed by atoms with van der Waals surface area (Å²) in [5, 5.41) is 5.94. The van der Waals surface area contributed by atoms with Crippen LogP contribution < -0.4 is 10.6 Å². The van der Waals surface area contributed by atoms with Crippen LogP contribution in [0.2, 0.25) is 0 Å². The molecule has 2 rings (SSSR count). The van der Waals surface area contributed by atoms with Crippen molar-refractivity contribution in [1.82, 2.24) is 20.2 Å². The highest BCUT2D eigenvalue weighted by Gasteiger charge is 2.17. The van der Waals surface area contributed by atoms with Crippen LogP contribution >= 0.6 is 11.8 Å². The number of rotatable bonds is 6. The van der Waals surface area contributed by atoms with E-state index in [1.165, 1.54) is 37.0 Å². The summed E-state index contributed by atoms with van der Waals surface area (Å²) in [7, 11) is 0. The minimum absolute atomic E-state index is 0.153. The van der Waals surface area contributed by atoms with Crippen LogP contribution in [0.1, 0.15) is 17.4 Å². The molecule has 2 amide bonds. The third-order valence-electron chi connectivity index (χ3n) is 3.01. The molecule has 2 aromatic rings. The van der Waals surface area contributed by atoms with Gasteiger partial charge in [0, 0.05) is 25.7 Å². The van der Waals surface area contributed by atoms with Gasteiger partial charge in [-0.3, -0.25) is 14.2 Å². The Kier molecular flexibility index (Phi) is 5.75. The van der Waals surface area contributed by atoms with Crippen LogP contribution in [0.5, 0.6) is 0 Å². The maximum Gasteiger partial charge on any atom is 0.270 e. The lowest BCUT2D eigenvalue weighted by atomic mass is 10.3. The Morgan fingerprint density at radius 3 is 2.48 bits per heavy atom. The first kappa shape index (κ1) is 17.0.